The molecule has 22 heavy (non-hydrogen) atoms. The van der Waals surface area contributed by atoms with E-state index in [1.165, 1.54) is 7.11 Å². The van der Waals surface area contributed by atoms with Crippen molar-refractivity contribution < 1.29 is 23.7 Å². The highest BCUT2D eigenvalue weighted by molar-refractivity contribution is 5.72. The van der Waals surface area contributed by atoms with Gasteiger partial charge in [-0.3, -0.25) is 4.79 Å². The number of ether oxygens (including phenoxy) is 4. The van der Waals surface area contributed by atoms with Gasteiger partial charge in [0.15, 0.2) is 11.5 Å². The van der Waals surface area contributed by atoms with Crippen LogP contribution in [-0.2, 0) is 14.3 Å². The van der Waals surface area contributed by atoms with E-state index in [2.05, 4.69) is 4.74 Å². The summed E-state index contributed by atoms with van der Waals surface area (Å²) in [7, 11) is 6.11. The summed E-state index contributed by atoms with van der Waals surface area (Å²) in [5.74, 6) is 1.65. The Morgan fingerprint density at radius 1 is 1.05 bits per heavy atom. The molecule has 5 nitrogen and oxygen atoms in total. The topological polar surface area (TPSA) is 54.0 Å². The normalized spacial score (nSPS) is 11.9. The van der Waals surface area contributed by atoms with Gasteiger partial charge in [0.1, 0.15) is 5.76 Å². The minimum absolute atomic E-state index is 0.190. The molecule has 1 aromatic carbocycles. The van der Waals surface area contributed by atoms with Crippen LogP contribution in [0.5, 0.6) is 11.5 Å². The summed E-state index contributed by atoms with van der Waals surface area (Å²) in [5.41, 5.74) is 1.73. The summed E-state index contributed by atoms with van der Waals surface area (Å²) in [4.78, 5) is 11.3. The van der Waals surface area contributed by atoms with Gasteiger partial charge in [0.25, 0.3) is 0 Å². The number of hydrogen-bond acceptors (Lipinski definition) is 5. The highest BCUT2D eigenvalue weighted by Gasteiger charge is 2.07. The number of rotatable bonds is 7. The summed E-state index contributed by atoms with van der Waals surface area (Å²) in [6.45, 7) is 1.83. The van der Waals surface area contributed by atoms with Gasteiger partial charge >= 0.3 is 5.97 Å². The highest BCUT2D eigenvalue weighted by Crippen LogP contribution is 2.28. The number of esters is 1. The van der Waals surface area contributed by atoms with Gasteiger partial charge in [-0.25, -0.2) is 0 Å². The zero-order valence-corrected chi connectivity index (χ0v) is 13.6. The largest absolute Gasteiger partial charge is 0.497 e. The first-order chi connectivity index (χ1) is 10.5. The molecule has 0 radical (unpaired) electrons. The van der Waals surface area contributed by atoms with Crippen molar-refractivity contribution in [1.29, 1.82) is 0 Å². The first-order valence-electron chi connectivity index (χ1n) is 6.76. The second-order valence-corrected chi connectivity index (χ2v) is 4.55. The van der Waals surface area contributed by atoms with Crippen molar-refractivity contribution in [2.75, 3.05) is 28.4 Å². The fourth-order valence-electron chi connectivity index (χ4n) is 1.89. The van der Waals surface area contributed by atoms with E-state index in [-0.39, 0.29) is 12.4 Å². The monoisotopic (exact) mass is 306 g/mol. The summed E-state index contributed by atoms with van der Waals surface area (Å²) in [6, 6.07) is 5.59. The Kier molecular flexibility index (Phi) is 7.02. The summed E-state index contributed by atoms with van der Waals surface area (Å²) < 4.78 is 20.4. The highest BCUT2D eigenvalue weighted by atomic mass is 16.5. The van der Waals surface area contributed by atoms with Gasteiger partial charge in [0, 0.05) is 0 Å². The fourth-order valence-corrected chi connectivity index (χ4v) is 1.89. The van der Waals surface area contributed by atoms with Gasteiger partial charge in [-0.2, -0.15) is 0 Å². The maximum atomic E-state index is 11.3. The van der Waals surface area contributed by atoms with E-state index in [4.69, 9.17) is 14.2 Å². The van der Waals surface area contributed by atoms with Crippen LogP contribution in [-0.4, -0.2) is 34.4 Å². The Labute approximate surface area is 131 Å². The molecule has 0 N–H and O–H groups in total. The number of hydrogen-bond donors (Lipinski definition) is 0. The van der Waals surface area contributed by atoms with E-state index in [0.29, 0.717) is 17.3 Å². The molecule has 0 amide bonds. The Bertz CT molecular complexity index is 572. The fraction of sp³-hybridized carbons (Fsp3) is 0.353. The van der Waals surface area contributed by atoms with Crippen LogP contribution in [0.15, 0.2) is 35.6 Å². The van der Waals surface area contributed by atoms with Gasteiger partial charge in [-0.05, 0) is 36.3 Å². The second-order valence-electron chi connectivity index (χ2n) is 4.55. The molecule has 0 saturated heterocycles. The minimum Gasteiger partial charge on any atom is -0.497 e. The second kappa shape index (κ2) is 8.77. The van der Waals surface area contributed by atoms with E-state index in [9.17, 15) is 4.79 Å². The molecular formula is C17H22O5. The Morgan fingerprint density at radius 2 is 1.73 bits per heavy atom. The number of allylic oxidation sites excluding steroid dienone is 1. The maximum Gasteiger partial charge on any atom is 0.309 e. The van der Waals surface area contributed by atoms with Crippen LogP contribution >= 0.6 is 0 Å². The van der Waals surface area contributed by atoms with E-state index >= 15 is 0 Å². The first kappa shape index (κ1) is 17.6. The van der Waals surface area contributed by atoms with Crippen molar-refractivity contribution in [3.05, 3.63) is 41.2 Å². The van der Waals surface area contributed by atoms with Crippen molar-refractivity contribution in [1.82, 2.24) is 0 Å². The van der Waals surface area contributed by atoms with Gasteiger partial charge in [0.05, 0.1) is 34.9 Å². The zero-order chi connectivity index (χ0) is 16.5. The third kappa shape index (κ3) is 4.84. The summed E-state index contributed by atoms with van der Waals surface area (Å²) >= 11 is 0. The average molecular weight is 306 g/mol. The van der Waals surface area contributed by atoms with Crippen molar-refractivity contribution >= 4 is 12.0 Å². The molecule has 0 aromatic heterocycles. The smallest absolute Gasteiger partial charge is 0.309 e. The van der Waals surface area contributed by atoms with E-state index in [1.54, 1.807) is 27.4 Å². The van der Waals surface area contributed by atoms with Gasteiger partial charge in [0.2, 0.25) is 0 Å². The lowest BCUT2D eigenvalue weighted by atomic mass is 10.1. The predicted octanol–water partition coefficient (Wildman–Crippen LogP) is 3.20. The lowest BCUT2D eigenvalue weighted by Gasteiger charge is -2.08. The summed E-state index contributed by atoms with van der Waals surface area (Å²) in [6.07, 6.45) is 3.87. The molecule has 0 spiro atoms. The van der Waals surface area contributed by atoms with E-state index in [1.807, 2.05) is 31.2 Å². The molecule has 0 aliphatic rings. The quantitative estimate of drug-likeness (QED) is 0.440. The van der Waals surface area contributed by atoms with Gasteiger partial charge in [-0.15, -0.1) is 0 Å². The van der Waals surface area contributed by atoms with Crippen molar-refractivity contribution in [2.45, 2.75) is 13.3 Å². The molecule has 120 valence electrons. The van der Waals surface area contributed by atoms with Crippen LogP contribution in [0.25, 0.3) is 6.08 Å². The molecule has 1 rings (SSSR count). The average Bonchev–Trinajstić information content (AvgIpc) is 2.54. The molecular weight excluding hydrogens is 284 g/mol. The lowest BCUT2D eigenvalue weighted by molar-refractivity contribution is -0.139. The molecule has 5 heteroatoms. The Morgan fingerprint density at radius 3 is 2.27 bits per heavy atom. The van der Waals surface area contributed by atoms with Crippen LogP contribution in [0, 0.1) is 0 Å². The van der Waals surface area contributed by atoms with Crippen molar-refractivity contribution in [3.63, 3.8) is 0 Å². The standard InChI is InChI=1S/C17H22O5/c1-12(10-17(18)22-5)14(19-2)8-6-13-7-9-15(20-3)16(11-13)21-4/h6-9,11H,10H2,1-5H3/b8-6+,14-12-. The molecule has 0 saturated carbocycles. The molecule has 0 aliphatic carbocycles. The number of methoxy groups -OCH3 is 4. The predicted molar refractivity (Wildman–Crippen MR) is 84.9 cm³/mol. The van der Waals surface area contributed by atoms with E-state index < -0.39 is 0 Å². The molecule has 0 bridgehead atoms. The molecule has 0 aliphatic heterocycles. The van der Waals surface area contributed by atoms with Crippen LogP contribution in [0.1, 0.15) is 18.9 Å². The SMILES string of the molecule is COC(=O)C/C(C)=C(/C=C/c1ccc(OC)c(OC)c1)OC. The van der Waals surface area contributed by atoms with Crippen LogP contribution < -0.4 is 9.47 Å². The minimum atomic E-state index is -0.299. The van der Waals surface area contributed by atoms with Crippen LogP contribution in [0.3, 0.4) is 0 Å². The van der Waals surface area contributed by atoms with Gasteiger partial charge < -0.3 is 18.9 Å². The number of benzene rings is 1. The maximum absolute atomic E-state index is 11.3. The van der Waals surface area contributed by atoms with E-state index in [0.717, 1.165) is 11.1 Å². The number of carbonyl (C=O) groups is 1. The summed E-state index contributed by atoms with van der Waals surface area (Å²) in [5, 5.41) is 0. The van der Waals surface area contributed by atoms with Gasteiger partial charge in [-0.1, -0.05) is 12.1 Å². The Balaban J connectivity index is 2.97. The molecule has 0 heterocycles. The van der Waals surface area contributed by atoms with Crippen LogP contribution in [0.4, 0.5) is 0 Å². The zero-order valence-electron chi connectivity index (χ0n) is 13.6. The number of carbonyl (C=O) groups excluding carboxylic acids is 1. The molecule has 0 unspecified atom stereocenters. The van der Waals surface area contributed by atoms with Crippen molar-refractivity contribution in [2.24, 2.45) is 0 Å². The molecule has 1 aromatic rings. The first-order valence-corrected chi connectivity index (χ1v) is 6.76. The van der Waals surface area contributed by atoms with Crippen molar-refractivity contribution in [3.8, 4) is 11.5 Å². The molecule has 0 fully saturated rings. The third-order valence-corrected chi connectivity index (χ3v) is 3.11. The van der Waals surface area contributed by atoms with Crippen LogP contribution in [0.2, 0.25) is 0 Å². The molecule has 0 atom stereocenters. The lowest BCUT2D eigenvalue weighted by Crippen LogP contribution is -2.02. The third-order valence-electron chi connectivity index (χ3n) is 3.11. The Hall–Kier alpha value is -2.43.